The Morgan fingerprint density at radius 3 is 2.29 bits per heavy atom. The molecule has 0 saturated heterocycles. The van der Waals surface area contributed by atoms with Gasteiger partial charge >= 0.3 is 0 Å². The van der Waals surface area contributed by atoms with Crippen LogP contribution < -0.4 is 14.4 Å². The topological polar surface area (TPSA) is 96.0 Å². The number of nitrogens with zero attached hydrogens (tertiary/aromatic N) is 2. The van der Waals surface area contributed by atoms with Gasteiger partial charge in [-0.25, -0.2) is 8.42 Å². The second-order valence-electron chi connectivity index (χ2n) is 10.3. The number of hydrogen-bond donors (Lipinski definition) is 1. The molecule has 8 nitrogen and oxygen atoms in total. The van der Waals surface area contributed by atoms with Crippen molar-refractivity contribution in [3.05, 3.63) is 94.5 Å². The van der Waals surface area contributed by atoms with Crippen molar-refractivity contribution in [1.82, 2.24) is 10.2 Å². The van der Waals surface area contributed by atoms with Crippen LogP contribution in [0.15, 0.2) is 83.3 Å². The van der Waals surface area contributed by atoms with Crippen molar-refractivity contribution in [2.45, 2.75) is 58.2 Å². The van der Waals surface area contributed by atoms with Gasteiger partial charge in [0.25, 0.3) is 0 Å². The summed E-state index contributed by atoms with van der Waals surface area (Å²) in [6.07, 6.45) is 2.55. The number of nitrogens with one attached hydrogen (secondary N) is 1. The number of ether oxygens (including phenoxy) is 1. The van der Waals surface area contributed by atoms with Crippen LogP contribution in [-0.2, 0) is 32.6 Å². The van der Waals surface area contributed by atoms with Gasteiger partial charge < -0.3 is 15.0 Å². The number of benzene rings is 3. The Hall–Kier alpha value is -3.37. The molecule has 42 heavy (non-hydrogen) atoms. The lowest BCUT2D eigenvalue weighted by Gasteiger charge is -2.33. The van der Waals surface area contributed by atoms with Gasteiger partial charge in [-0.15, -0.1) is 0 Å². The Kier molecular flexibility index (Phi) is 12.4. The second kappa shape index (κ2) is 15.7. The van der Waals surface area contributed by atoms with Crippen molar-refractivity contribution in [3.8, 4) is 5.75 Å². The molecule has 0 radical (unpaired) electrons. The van der Waals surface area contributed by atoms with E-state index in [1.807, 2.05) is 68.4 Å². The van der Waals surface area contributed by atoms with Crippen molar-refractivity contribution in [2.24, 2.45) is 0 Å². The fourth-order valence-electron chi connectivity index (χ4n) is 4.65. The number of hydrogen-bond acceptors (Lipinski definition) is 5. The summed E-state index contributed by atoms with van der Waals surface area (Å²) in [6, 6.07) is 23.4. The van der Waals surface area contributed by atoms with Crippen molar-refractivity contribution in [3.63, 3.8) is 0 Å². The molecule has 0 spiro atoms. The van der Waals surface area contributed by atoms with Crippen LogP contribution in [0.25, 0.3) is 0 Å². The first-order chi connectivity index (χ1) is 20.0. The molecule has 2 amide bonds. The second-order valence-corrected chi connectivity index (χ2v) is 13.1. The van der Waals surface area contributed by atoms with Crippen LogP contribution >= 0.6 is 15.9 Å². The normalized spacial score (nSPS) is 12.7. The van der Waals surface area contributed by atoms with E-state index in [9.17, 15) is 18.0 Å². The fourth-order valence-corrected chi connectivity index (χ4v) is 6.06. The molecule has 1 N–H and O–H groups in total. The van der Waals surface area contributed by atoms with Crippen LogP contribution in [0.4, 0.5) is 5.69 Å². The molecule has 0 aliphatic carbocycles. The molecule has 0 fully saturated rings. The standard InChI is InChI=1S/C32H40BrN3O5S/c1-5-24(2)34-32(38)29(22-25-13-7-6-8-14-25)35(23-26-15-11-16-27(33)21-26)31(37)19-12-20-36(42(4,39)40)28-17-9-10-18-30(28)41-3/h6-11,13-18,21,24,29H,5,12,19-20,22-23H2,1-4H3,(H,34,38)/t24-,29-/m1/s1. The van der Waals surface area contributed by atoms with E-state index in [0.717, 1.165) is 28.3 Å². The third-order valence-electron chi connectivity index (χ3n) is 7.02. The summed E-state index contributed by atoms with van der Waals surface area (Å²) in [5.74, 6) is -0.0257. The maximum absolute atomic E-state index is 14.0. The molecule has 3 rings (SSSR count). The van der Waals surface area contributed by atoms with Gasteiger partial charge in [-0.2, -0.15) is 0 Å². The largest absolute Gasteiger partial charge is 0.495 e. The molecule has 0 aliphatic rings. The highest BCUT2D eigenvalue weighted by Crippen LogP contribution is 2.30. The SMILES string of the molecule is CC[C@@H](C)NC(=O)[C@@H](Cc1ccccc1)N(Cc1cccc(Br)c1)C(=O)CCCN(c1ccccc1OC)S(C)(=O)=O. The minimum atomic E-state index is -3.65. The average Bonchev–Trinajstić information content (AvgIpc) is 2.96. The van der Waals surface area contributed by atoms with Crippen LogP contribution in [0, 0.1) is 0 Å². The van der Waals surface area contributed by atoms with Crippen LogP contribution in [0.1, 0.15) is 44.2 Å². The highest BCUT2D eigenvalue weighted by Gasteiger charge is 2.31. The molecular weight excluding hydrogens is 618 g/mol. The van der Waals surface area contributed by atoms with Gasteiger partial charge in [-0.05, 0) is 55.2 Å². The van der Waals surface area contributed by atoms with Crippen LogP contribution in [0.2, 0.25) is 0 Å². The van der Waals surface area contributed by atoms with Crippen LogP contribution in [0.3, 0.4) is 0 Å². The number of amides is 2. The Morgan fingerprint density at radius 1 is 0.976 bits per heavy atom. The zero-order valence-corrected chi connectivity index (χ0v) is 27.0. The zero-order chi connectivity index (χ0) is 30.7. The van der Waals surface area contributed by atoms with Crippen molar-refractivity contribution < 1.29 is 22.7 Å². The van der Waals surface area contributed by atoms with E-state index < -0.39 is 16.1 Å². The summed E-state index contributed by atoms with van der Waals surface area (Å²) >= 11 is 3.51. The molecular formula is C32H40BrN3O5S. The number of methoxy groups -OCH3 is 1. The smallest absolute Gasteiger partial charge is 0.243 e. The monoisotopic (exact) mass is 657 g/mol. The molecule has 0 aromatic heterocycles. The van der Waals surface area contributed by atoms with Gasteiger partial charge in [0.2, 0.25) is 21.8 Å². The van der Waals surface area contributed by atoms with E-state index in [-0.39, 0.29) is 43.8 Å². The fraction of sp³-hybridized carbons (Fsp3) is 0.375. The minimum Gasteiger partial charge on any atom is -0.495 e. The first-order valence-electron chi connectivity index (χ1n) is 14.0. The lowest BCUT2D eigenvalue weighted by Crippen LogP contribution is -2.52. The maximum atomic E-state index is 14.0. The lowest BCUT2D eigenvalue weighted by atomic mass is 10.0. The number of sulfonamides is 1. The Balaban J connectivity index is 1.91. The lowest BCUT2D eigenvalue weighted by molar-refractivity contribution is -0.141. The van der Waals surface area contributed by atoms with Crippen molar-refractivity contribution >= 4 is 43.5 Å². The van der Waals surface area contributed by atoms with Crippen molar-refractivity contribution in [1.29, 1.82) is 0 Å². The number of rotatable bonds is 15. The maximum Gasteiger partial charge on any atom is 0.243 e. The summed E-state index contributed by atoms with van der Waals surface area (Å²) in [6.45, 7) is 4.25. The molecule has 0 unspecified atom stereocenters. The summed E-state index contributed by atoms with van der Waals surface area (Å²) < 4.78 is 33.0. The van der Waals surface area contributed by atoms with E-state index >= 15 is 0 Å². The molecule has 10 heteroatoms. The molecule has 2 atom stereocenters. The number of halogens is 1. The molecule has 0 saturated carbocycles. The predicted octanol–water partition coefficient (Wildman–Crippen LogP) is 5.56. The Labute approximate surface area is 258 Å². The van der Waals surface area contributed by atoms with Gasteiger partial charge in [0.05, 0.1) is 19.1 Å². The zero-order valence-electron chi connectivity index (χ0n) is 24.6. The summed E-state index contributed by atoms with van der Waals surface area (Å²) in [7, 11) is -2.16. The average molecular weight is 659 g/mol. The van der Waals surface area contributed by atoms with Gasteiger partial charge in [0.1, 0.15) is 11.8 Å². The van der Waals surface area contributed by atoms with E-state index in [4.69, 9.17) is 4.74 Å². The van der Waals surface area contributed by atoms with E-state index in [2.05, 4.69) is 21.2 Å². The number of anilines is 1. The molecule has 3 aromatic carbocycles. The van der Waals surface area contributed by atoms with Gasteiger partial charge in [0, 0.05) is 36.4 Å². The van der Waals surface area contributed by atoms with E-state index in [1.165, 1.54) is 11.4 Å². The summed E-state index contributed by atoms with van der Waals surface area (Å²) in [4.78, 5) is 29.3. The number of carbonyl (C=O) groups is 2. The minimum absolute atomic E-state index is 0.0527. The van der Waals surface area contributed by atoms with Crippen LogP contribution in [-0.4, -0.2) is 57.1 Å². The summed E-state index contributed by atoms with van der Waals surface area (Å²) in [5, 5.41) is 3.07. The Morgan fingerprint density at radius 2 is 1.64 bits per heavy atom. The highest BCUT2D eigenvalue weighted by molar-refractivity contribution is 9.10. The van der Waals surface area contributed by atoms with Crippen LogP contribution in [0.5, 0.6) is 5.75 Å². The molecule has 0 heterocycles. The highest BCUT2D eigenvalue weighted by atomic mass is 79.9. The summed E-state index contributed by atoms with van der Waals surface area (Å²) in [5.41, 5.74) is 2.23. The van der Waals surface area contributed by atoms with Gasteiger partial charge in [-0.1, -0.05) is 77.5 Å². The first-order valence-corrected chi connectivity index (χ1v) is 16.7. The molecule has 0 bridgehead atoms. The number of para-hydroxylation sites is 2. The third kappa shape index (κ3) is 9.59. The predicted molar refractivity (Wildman–Crippen MR) is 171 cm³/mol. The van der Waals surface area contributed by atoms with E-state index in [0.29, 0.717) is 17.9 Å². The Bertz CT molecular complexity index is 1430. The first kappa shape index (κ1) is 33.1. The molecule has 226 valence electrons. The third-order valence-corrected chi connectivity index (χ3v) is 8.69. The quantitative estimate of drug-likeness (QED) is 0.231. The molecule has 0 aliphatic heterocycles. The van der Waals surface area contributed by atoms with Gasteiger partial charge in [-0.3, -0.25) is 13.9 Å². The molecule has 3 aromatic rings. The van der Waals surface area contributed by atoms with Crippen molar-refractivity contribution in [2.75, 3.05) is 24.2 Å². The van der Waals surface area contributed by atoms with E-state index in [1.54, 1.807) is 29.2 Å². The van der Waals surface area contributed by atoms with Gasteiger partial charge in [0.15, 0.2) is 0 Å². The number of carbonyl (C=O) groups excluding carboxylic acids is 2.